The van der Waals surface area contributed by atoms with Crippen molar-refractivity contribution in [1.29, 1.82) is 0 Å². The Morgan fingerprint density at radius 1 is 1.45 bits per heavy atom. The van der Waals surface area contributed by atoms with Crippen LogP contribution in [0.1, 0.15) is 39.3 Å². The Hall–Kier alpha value is -0.740. The number of halogens is 1. The minimum atomic E-state index is -0.154. The van der Waals surface area contributed by atoms with Gasteiger partial charge in [0, 0.05) is 35.3 Å². The molecule has 2 nitrogen and oxygen atoms in total. The first-order valence-corrected chi connectivity index (χ1v) is 8.33. The van der Waals surface area contributed by atoms with Gasteiger partial charge < -0.3 is 10.2 Å². The molecule has 1 fully saturated rings. The van der Waals surface area contributed by atoms with E-state index in [1.54, 1.807) is 12.1 Å². The summed E-state index contributed by atoms with van der Waals surface area (Å²) in [5.74, 6) is 0.971. The van der Waals surface area contributed by atoms with Gasteiger partial charge in [0.05, 0.1) is 0 Å². The van der Waals surface area contributed by atoms with E-state index in [1.165, 1.54) is 5.69 Å². The predicted octanol–water partition coefficient (Wildman–Crippen LogP) is 3.83. The quantitative estimate of drug-likeness (QED) is 0.909. The molecule has 2 rings (SSSR count). The maximum absolute atomic E-state index is 13.6. The Labute approximate surface area is 126 Å². The number of nitrogens with zero attached hydrogens (tertiary/aromatic N) is 1. The van der Waals surface area contributed by atoms with Crippen molar-refractivity contribution in [2.24, 2.45) is 0 Å². The lowest BCUT2D eigenvalue weighted by molar-refractivity contribution is 0.576. The van der Waals surface area contributed by atoms with Crippen LogP contribution in [0.15, 0.2) is 18.2 Å². The predicted molar refractivity (Wildman–Crippen MR) is 87.2 cm³/mol. The standard InChI is InChI=1S/C16H25FN2S/c1-5-18-12(2)14-10-13(17)6-7-15(14)19-8-9-20-16(3,4)11-19/h6-7,10,12,18H,5,8-9,11H2,1-4H3. The van der Waals surface area contributed by atoms with Gasteiger partial charge in [-0.25, -0.2) is 4.39 Å². The van der Waals surface area contributed by atoms with Crippen LogP contribution in [0.25, 0.3) is 0 Å². The SMILES string of the molecule is CCNC(C)c1cc(F)ccc1N1CCSC(C)(C)C1. The molecule has 112 valence electrons. The van der Waals surface area contributed by atoms with Crippen LogP contribution in [0.5, 0.6) is 0 Å². The summed E-state index contributed by atoms with van der Waals surface area (Å²) >= 11 is 2.02. The molecule has 20 heavy (non-hydrogen) atoms. The van der Waals surface area contributed by atoms with Crippen molar-refractivity contribution >= 4 is 17.4 Å². The zero-order chi connectivity index (χ0) is 14.8. The number of thioether (sulfide) groups is 1. The highest BCUT2D eigenvalue weighted by Crippen LogP contribution is 2.35. The molecule has 1 heterocycles. The first kappa shape index (κ1) is 15.6. The topological polar surface area (TPSA) is 15.3 Å². The highest BCUT2D eigenvalue weighted by molar-refractivity contribution is 8.00. The number of benzene rings is 1. The number of hydrogen-bond acceptors (Lipinski definition) is 3. The second kappa shape index (κ2) is 6.35. The van der Waals surface area contributed by atoms with Gasteiger partial charge in [-0.1, -0.05) is 6.92 Å². The fourth-order valence-corrected chi connectivity index (χ4v) is 3.91. The molecule has 0 saturated carbocycles. The van der Waals surface area contributed by atoms with Crippen LogP contribution in [0.3, 0.4) is 0 Å². The first-order chi connectivity index (χ1) is 9.43. The highest BCUT2D eigenvalue weighted by atomic mass is 32.2. The zero-order valence-electron chi connectivity index (χ0n) is 12.9. The molecule has 1 unspecified atom stereocenters. The Balaban J connectivity index is 2.30. The second-order valence-corrected chi connectivity index (χ2v) is 7.81. The maximum atomic E-state index is 13.6. The summed E-state index contributed by atoms with van der Waals surface area (Å²) in [6.07, 6.45) is 0. The van der Waals surface area contributed by atoms with E-state index in [1.807, 2.05) is 17.8 Å². The molecule has 0 aromatic heterocycles. The fraction of sp³-hybridized carbons (Fsp3) is 0.625. The lowest BCUT2D eigenvalue weighted by Gasteiger charge is -2.40. The zero-order valence-corrected chi connectivity index (χ0v) is 13.7. The summed E-state index contributed by atoms with van der Waals surface area (Å²) < 4.78 is 13.9. The molecule has 0 spiro atoms. The van der Waals surface area contributed by atoms with E-state index in [4.69, 9.17) is 0 Å². The molecule has 0 radical (unpaired) electrons. The number of anilines is 1. The van der Waals surface area contributed by atoms with Gasteiger partial charge in [0.2, 0.25) is 0 Å². The van der Waals surface area contributed by atoms with E-state index in [2.05, 4.69) is 37.9 Å². The van der Waals surface area contributed by atoms with Gasteiger partial charge in [-0.15, -0.1) is 0 Å². The van der Waals surface area contributed by atoms with Crippen molar-refractivity contribution in [2.45, 2.75) is 38.5 Å². The average Bonchev–Trinajstić information content (AvgIpc) is 2.37. The van der Waals surface area contributed by atoms with Crippen molar-refractivity contribution in [2.75, 3.05) is 30.3 Å². The second-order valence-electron chi connectivity index (χ2n) is 6.01. The van der Waals surface area contributed by atoms with E-state index < -0.39 is 0 Å². The third kappa shape index (κ3) is 3.67. The maximum Gasteiger partial charge on any atom is 0.123 e. The highest BCUT2D eigenvalue weighted by Gasteiger charge is 2.28. The summed E-state index contributed by atoms with van der Waals surface area (Å²) in [4.78, 5) is 2.40. The first-order valence-electron chi connectivity index (χ1n) is 7.34. The van der Waals surface area contributed by atoms with E-state index in [0.29, 0.717) is 0 Å². The van der Waals surface area contributed by atoms with Crippen molar-refractivity contribution in [3.05, 3.63) is 29.6 Å². The Morgan fingerprint density at radius 2 is 2.20 bits per heavy atom. The molecule has 0 bridgehead atoms. The van der Waals surface area contributed by atoms with Crippen LogP contribution in [0.2, 0.25) is 0 Å². The number of nitrogens with one attached hydrogen (secondary N) is 1. The molecule has 0 amide bonds. The molecule has 1 aromatic rings. The van der Waals surface area contributed by atoms with Crippen LogP contribution >= 0.6 is 11.8 Å². The van der Waals surface area contributed by atoms with E-state index in [0.717, 1.165) is 31.0 Å². The number of rotatable bonds is 4. The molecule has 1 aromatic carbocycles. The molecule has 1 aliphatic heterocycles. The van der Waals surface area contributed by atoms with Gasteiger partial charge in [-0.3, -0.25) is 0 Å². The molecule has 0 aliphatic carbocycles. The molecule has 1 saturated heterocycles. The van der Waals surface area contributed by atoms with Gasteiger partial charge >= 0.3 is 0 Å². The normalized spacial score (nSPS) is 19.9. The van der Waals surface area contributed by atoms with Gasteiger partial charge in [-0.2, -0.15) is 11.8 Å². The summed E-state index contributed by atoms with van der Waals surface area (Å²) in [6, 6.07) is 5.36. The summed E-state index contributed by atoms with van der Waals surface area (Å²) in [5, 5.41) is 3.39. The van der Waals surface area contributed by atoms with Gasteiger partial charge in [-0.05, 0) is 51.1 Å². The van der Waals surface area contributed by atoms with Crippen molar-refractivity contribution in [3.8, 4) is 0 Å². The van der Waals surface area contributed by atoms with Gasteiger partial charge in [0.15, 0.2) is 0 Å². The molecular formula is C16H25FN2S. The Kier molecular flexibility index (Phi) is 4.97. The van der Waals surface area contributed by atoms with E-state index in [9.17, 15) is 4.39 Å². The largest absolute Gasteiger partial charge is 0.369 e. The molecule has 1 aliphatic rings. The van der Waals surface area contributed by atoms with Gasteiger partial charge in [0.1, 0.15) is 5.82 Å². The molecule has 4 heteroatoms. The van der Waals surface area contributed by atoms with Crippen molar-refractivity contribution in [3.63, 3.8) is 0 Å². The summed E-state index contributed by atoms with van der Waals surface area (Å²) in [7, 11) is 0. The van der Waals surface area contributed by atoms with Crippen LogP contribution in [-0.4, -0.2) is 30.1 Å². The summed E-state index contributed by atoms with van der Waals surface area (Å²) in [5.41, 5.74) is 2.24. The molecular weight excluding hydrogens is 271 g/mol. The van der Waals surface area contributed by atoms with Crippen LogP contribution in [-0.2, 0) is 0 Å². The van der Waals surface area contributed by atoms with Crippen molar-refractivity contribution < 1.29 is 4.39 Å². The van der Waals surface area contributed by atoms with Crippen molar-refractivity contribution in [1.82, 2.24) is 5.32 Å². The average molecular weight is 296 g/mol. The Bertz CT molecular complexity index is 462. The minimum Gasteiger partial charge on any atom is -0.369 e. The number of hydrogen-bond donors (Lipinski definition) is 1. The smallest absolute Gasteiger partial charge is 0.123 e. The van der Waals surface area contributed by atoms with Crippen LogP contribution in [0, 0.1) is 5.82 Å². The fourth-order valence-electron chi connectivity index (χ4n) is 2.80. The third-order valence-electron chi connectivity index (χ3n) is 3.73. The van der Waals surface area contributed by atoms with E-state index in [-0.39, 0.29) is 16.6 Å². The monoisotopic (exact) mass is 296 g/mol. The van der Waals surface area contributed by atoms with Gasteiger partial charge in [0.25, 0.3) is 0 Å². The third-order valence-corrected chi connectivity index (χ3v) is 5.03. The molecule has 1 atom stereocenters. The van der Waals surface area contributed by atoms with Crippen LogP contribution < -0.4 is 10.2 Å². The summed E-state index contributed by atoms with van der Waals surface area (Å²) in [6.45, 7) is 11.7. The lowest BCUT2D eigenvalue weighted by atomic mass is 10.0. The van der Waals surface area contributed by atoms with Crippen LogP contribution in [0.4, 0.5) is 10.1 Å². The van der Waals surface area contributed by atoms with E-state index >= 15 is 0 Å². The Morgan fingerprint density at radius 3 is 2.85 bits per heavy atom. The minimum absolute atomic E-state index is 0.154. The lowest BCUT2D eigenvalue weighted by Crippen LogP contribution is -2.43. The molecule has 1 N–H and O–H groups in total.